The number of hydrogen-bond acceptors (Lipinski definition) is 1. The molecule has 0 aromatic rings. The van der Waals surface area contributed by atoms with Gasteiger partial charge in [0.15, 0.2) is 0 Å². The van der Waals surface area contributed by atoms with Gasteiger partial charge >= 0.3 is 0 Å². The lowest BCUT2D eigenvalue weighted by Gasteiger charge is -2.17. The third kappa shape index (κ3) is 0.752. The second-order valence-corrected chi connectivity index (χ2v) is 5.22. The molecule has 0 amide bonds. The molecule has 1 nitrogen and oxygen atoms in total. The maximum absolute atomic E-state index is 2.66. The van der Waals surface area contributed by atoms with E-state index in [4.69, 9.17) is 0 Å². The Balaban J connectivity index is 2.10. The summed E-state index contributed by atoms with van der Waals surface area (Å²) in [6, 6.07) is 1.67. The summed E-state index contributed by atoms with van der Waals surface area (Å²) in [6.07, 6.45) is 1.38. The van der Waals surface area contributed by atoms with Crippen LogP contribution in [0.1, 0.15) is 41.0 Å². The molecule has 0 radical (unpaired) electrons. The van der Waals surface area contributed by atoms with Gasteiger partial charge in [-0.25, -0.2) is 0 Å². The molecule has 0 spiro atoms. The van der Waals surface area contributed by atoms with Crippen molar-refractivity contribution in [2.75, 3.05) is 0 Å². The van der Waals surface area contributed by atoms with Gasteiger partial charge in [-0.2, -0.15) is 0 Å². The molecule has 2 aliphatic rings. The molecule has 1 saturated carbocycles. The Kier molecular flexibility index (Phi) is 1.15. The van der Waals surface area contributed by atoms with Crippen molar-refractivity contribution in [2.45, 2.75) is 58.7 Å². The first-order valence-electron chi connectivity index (χ1n) is 4.69. The maximum Gasteiger partial charge on any atom is 0.0245 e. The minimum absolute atomic E-state index is 0.534. The van der Waals surface area contributed by atoms with E-state index in [1.807, 2.05) is 0 Å². The third-order valence-electron chi connectivity index (χ3n) is 4.17. The van der Waals surface area contributed by atoms with E-state index in [0.717, 1.165) is 12.1 Å². The van der Waals surface area contributed by atoms with Crippen LogP contribution >= 0.6 is 0 Å². The Morgan fingerprint density at radius 3 is 1.55 bits per heavy atom. The predicted molar refractivity (Wildman–Crippen MR) is 47.6 cm³/mol. The Morgan fingerprint density at radius 1 is 1.09 bits per heavy atom. The molecular weight excluding hydrogens is 134 g/mol. The summed E-state index contributed by atoms with van der Waals surface area (Å²) in [5, 5.41) is 0. The minimum Gasteiger partial charge on any atom is -0.289 e. The molecule has 2 rings (SSSR count). The number of hydrogen-bond donors (Lipinski definition) is 0. The van der Waals surface area contributed by atoms with Crippen LogP contribution in [0.3, 0.4) is 0 Å². The van der Waals surface area contributed by atoms with Gasteiger partial charge in [-0.05, 0) is 32.6 Å². The van der Waals surface area contributed by atoms with E-state index in [0.29, 0.717) is 11.0 Å². The smallest absolute Gasteiger partial charge is 0.0245 e. The van der Waals surface area contributed by atoms with E-state index >= 15 is 0 Å². The van der Waals surface area contributed by atoms with Crippen LogP contribution in [0.25, 0.3) is 0 Å². The van der Waals surface area contributed by atoms with Crippen molar-refractivity contribution in [3.05, 3.63) is 0 Å². The Bertz CT molecular complexity index is 189. The van der Waals surface area contributed by atoms with Crippen LogP contribution in [-0.2, 0) is 0 Å². The second-order valence-electron chi connectivity index (χ2n) is 5.22. The van der Waals surface area contributed by atoms with Crippen molar-refractivity contribution >= 4 is 0 Å². The summed E-state index contributed by atoms with van der Waals surface area (Å²) in [7, 11) is 0. The van der Waals surface area contributed by atoms with E-state index in [-0.39, 0.29) is 0 Å². The monoisotopic (exact) mass is 153 g/mol. The third-order valence-corrected chi connectivity index (χ3v) is 4.17. The van der Waals surface area contributed by atoms with Gasteiger partial charge in [-0.3, -0.25) is 4.90 Å². The van der Waals surface area contributed by atoms with Crippen LogP contribution in [0, 0.1) is 5.41 Å². The quantitative estimate of drug-likeness (QED) is 0.522. The zero-order valence-electron chi connectivity index (χ0n) is 8.31. The van der Waals surface area contributed by atoms with Crippen LogP contribution < -0.4 is 0 Å². The summed E-state index contributed by atoms with van der Waals surface area (Å²) in [4.78, 5) is 2.66. The van der Waals surface area contributed by atoms with Crippen molar-refractivity contribution in [1.82, 2.24) is 4.90 Å². The maximum atomic E-state index is 2.66. The van der Waals surface area contributed by atoms with Crippen molar-refractivity contribution in [3.8, 4) is 0 Å². The van der Waals surface area contributed by atoms with Crippen LogP contribution in [0.4, 0.5) is 0 Å². The topological polar surface area (TPSA) is 3.01 Å². The highest BCUT2D eigenvalue weighted by molar-refractivity contribution is 5.22. The average Bonchev–Trinajstić information content (AvgIpc) is 2.53. The van der Waals surface area contributed by atoms with Gasteiger partial charge in [-0.1, -0.05) is 13.8 Å². The summed E-state index contributed by atoms with van der Waals surface area (Å²) >= 11 is 0. The molecule has 0 aromatic heterocycles. The van der Waals surface area contributed by atoms with Gasteiger partial charge in [0.25, 0.3) is 0 Å². The Labute approximate surface area is 69.8 Å². The van der Waals surface area contributed by atoms with E-state index in [9.17, 15) is 0 Å². The van der Waals surface area contributed by atoms with E-state index in [1.165, 1.54) is 6.42 Å². The van der Waals surface area contributed by atoms with Gasteiger partial charge in [0.2, 0.25) is 0 Å². The molecule has 3 atom stereocenters. The van der Waals surface area contributed by atoms with Gasteiger partial charge in [0.05, 0.1) is 0 Å². The minimum atomic E-state index is 0.534. The number of rotatable bonds is 1. The molecule has 1 heterocycles. The first-order valence-corrected chi connectivity index (χ1v) is 4.69. The zero-order chi connectivity index (χ0) is 8.44. The first kappa shape index (κ1) is 7.60. The summed E-state index contributed by atoms with van der Waals surface area (Å²) in [5.41, 5.74) is 1.11. The van der Waals surface area contributed by atoms with E-state index in [1.54, 1.807) is 0 Å². The molecule has 1 aliphatic carbocycles. The fraction of sp³-hybridized carbons (Fsp3) is 1.00. The molecular formula is C10H19N. The Hall–Kier alpha value is -0.0400. The molecule has 2 fully saturated rings. The number of nitrogens with zero attached hydrogens (tertiary/aromatic N) is 1. The van der Waals surface area contributed by atoms with Crippen LogP contribution in [-0.4, -0.2) is 22.5 Å². The highest BCUT2D eigenvalue weighted by atomic mass is 15.4. The lowest BCUT2D eigenvalue weighted by atomic mass is 10.1. The van der Waals surface area contributed by atoms with Crippen LogP contribution in [0.2, 0.25) is 0 Å². The summed E-state index contributed by atoms with van der Waals surface area (Å²) in [6.45, 7) is 11.8. The molecule has 0 N–H and O–H groups in total. The molecule has 0 aromatic carbocycles. The highest BCUT2D eigenvalue weighted by Gasteiger charge is 2.67. The average molecular weight is 153 g/mol. The van der Waals surface area contributed by atoms with Crippen LogP contribution in [0.15, 0.2) is 0 Å². The van der Waals surface area contributed by atoms with Gasteiger partial charge in [0.1, 0.15) is 0 Å². The lowest BCUT2D eigenvalue weighted by Crippen LogP contribution is -2.24. The highest BCUT2D eigenvalue weighted by Crippen LogP contribution is 2.63. The summed E-state index contributed by atoms with van der Waals surface area (Å²) < 4.78 is 0. The van der Waals surface area contributed by atoms with Crippen molar-refractivity contribution < 1.29 is 0 Å². The van der Waals surface area contributed by atoms with Crippen molar-refractivity contribution in [2.24, 2.45) is 5.41 Å². The molecule has 11 heavy (non-hydrogen) atoms. The Morgan fingerprint density at radius 2 is 1.45 bits per heavy atom. The predicted octanol–water partition coefficient (Wildman–Crippen LogP) is 2.27. The molecule has 64 valence electrons. The zero-order valence-corrected chi connectivity index (χ0v) is 8.31. The van der Waals surface area contributed by atoms with Gasteiger partial charge in [-0.15, -0.1) is 0 Å². The van der Waals surface area contributed by atoms with Crippen LogP contribution in [0.5, 0.6) is 0 Å². The van der Waals surface area contributed by atoms with E-state index < -0.39 is 0 Å². The molecule has 1 heteroatoms. The second kappa shape index (κ2) is 1.66. The van der Waals surface area contributed by atoms with Crippen molar-refractivity contribution in [3.63, 3.8) is 0 Å². The van der Waals surface area contributed by atoms with Gasteiger partial charge in [0, 0.05) is 17.6 Å². The fourth-order valence-corrected chi connectivity index (χ4v) is 2.66. The SMILES string of the molecule is CC1C(C)N1C1(C)CC1(C)C. The van der Waals surface area contributed by atoms with Gasteiger partial charge < -0.3 is 0 Å². The molecule has 1 saturated heterocycles. The molecule has 3 unspecified atom stereocenters. The summed E-state index contributed by atoms with van der Waals surface area (Å²) in [5.74, 6) is 0. The van der Waals surface area contributed by atoms with Crippen molar-refractivity contribution in [1.29, 1.82) is 0 Å². The molecule has 0 bridgehead atoms. The lowest BCUT2D eigenvalue weighted by molar-refractivity contribution is 0.296. The normalized spacial score (nSPS) is 59.2. The standard InChI is InChI=1S/C10H19N/c1-7-8(2)11(7)10(5)6-9(10,3)4/h7-8H,6H2,1-5H3. The van der Waals surface area contributed by atoms with E-state index in [2.05, 4.69) is 39.5 Å². The largest absolute Gasteiger partial charge is 0.289 e. The fourth-order valence-electron chi connectivity index (χ4n) is 2.66. The first-order chi connectivity index (χ1) is 4.90. The molecule has 1 aliphatic heterocycles.